The number of aryl methyl sites for hydroxylation is 1. The van der Waals surface area contributed by atoms with Crippen molar-refractivity contribution in [3.63, 3.8) is 0 Å². The quantitative estimate of drug-likeness (QED) is 0.783. The molecule has 3 rings (SSSR count). The lowest BCUT2D eigenvalue weighted by Crippen LogP contribution is -2.29. The molecule has 0 spiro atoms. The smallest absolute Gasteiger partial charge is 0.272 e. The second-order valence-corrected chi connectivity index (χ2v) is 7.58. The number of aromatic nitrogens is 4. The molecular formula is C20H25N5O. The fourth-order valence-corrected chi connectivity index (χ4v) is 2.80. The van der Waals surface area contributed by atoms with E-state index in [2.05, 4.69) is 36.2 Å². The van der Waals surface area contributed by atoms with E-state index in [9.17, 15) is 4.79 Å². The van der Waals surface area contributed by atoms with Gasteiger partial charge in [-0.3, -0.25) is 4.79 Å². The van der Waals surface area contributed by atoms with E-state index in [0.29, 0.717) is 5.69 Å². The first-order chi connectivity index (χ1) is 12.3. The van der Waals surface area contributed by atoms with Gasteiger partial charge in [0.05, 0.1) is 23.8 Å². The number of carbonyl (C=O) groups excluding carboxylic acids is 1. The van der Waals surface area contributed by atoms with Gasteiger partial charge < -0.3 is 9.88 Å². The average Bonchev–Trinajstić information content (AvgIpc) is 3.22. The van der Waals surface area contributed by atoms with Gasteiger partial charge in [0.15, 0.2) is 5.69 Å². The van der Waals surface area contributed by atoms with E-state index in [4.69, 9.17) is 0 Å². The van der Waals surface area contributed by atoms with Crippen LogP contribution in [-0.2, 0) is 12.5 Å². The Morgan fingerprint density at radius 2 is 1.85 bits per heavy atom. The van der Waals surface area contributed by atoms with Crippen LogP contribution in [0.25, 0.3) is 5.69 Å². The summed E-state index contributed by atoms with van der Waals surface area (Å²) >= 11 is 0. The third kappa shape index (κ3) is 3.69. The lowest BCUT2D eigenvalue weighted by molar-refractivity contribution is 0.0931. The van der Waals surface area contributed by atoms with Gasteiger partial charge in [0.25, 0.3) is 5.91 Å². The van der Waals surface area contributed by atoms with E-state index in [0.717, 1.165) is 16.9 Å². The predicted molar refractivity (Wildman–Crippen MR) is 101 cm³/mol. The molecule has 6 nitrogen and oxygen atoms in total. The Kier molecular flexibility index (Phi) is 4.68. The average molecular weight is 351 g/mol. The molecule has 0 aliphatic carbocycles. The van der Waals surface area contributed by atoms with Crippen molar-refractivity contribution >= 4 is 5.91 Å². The molecule has 0 saturated carbocycles. The first kappa shape index (κ1) is 17.9. The minimum Gasteiger partial charge on any atom is -0.342 e. The van der Waals surface area contributed by atoms with Gasteiger partial charge in [-0.2, -0.15) is 5.10 Å². The summed E-state index contributed by atoms with van der Waals surface area (Å²) < 4.78 is 3.63. The van der Waals surface area contributed by atoms with Crippen molar-refractivity contribution in [3.05, 3.63) is 66.0 Å². The Morgan fingerprint density at radius 1 is 1.15 bits per heavy atom. The fourth-order valence-electron chi connectivity index (χ4n) is 2.80. The number of nitrogens with zero attached hydrogens (tertiary/aromatic N) is 4. The van der Waals surface area contributed by atoms with Crippen molar-refractivity contribution in [2.45, 2.75) is 39.2 Å². The Hall–Kier alpha value is -2.89. The molecule has 0 saturated heterocycles. The minimum atomic E-state index is -0.200. The number of rotatable bonds is 4. The molecule has 26 heavy (non-hydrogen) atoms. The maximum absolute atomic E-state index is 12.9. The molecule has 2 aromatic heterocycles. The molecule has 0 fully saturated rings. The lowest BCUT2D eigenvalue weighted by atomic mass is 9.87. The maximum atomic E-state index is 12.9. The first-order valence-corrected chi connectivity index (χ1v) is 8.70. The van der Waals surface area contributed by atoms with E-state index in [1.807, 2.05) is 61.3 Å². The number of para-hydroxylation sites is 1. The molecule has 0 aliphatic heterocycles. The molecule has 0 aliphatic rings. The fraction of sp³-hybridized carbons (Fsp3) is 0.350. The number of amides is 1. The largest absolute Gasteiger partial charge is 0.342 e. The summed E-state index contributed by atoms with van der Waals surface area (Å²) in [5, 5.41) is 7.59. The molecule has 0 bridgehead atoms. The van der Waals surface area contributed by atoms with Crippen LogP contribution in [-0.4, -0.2) is 25.2 Å². The first-order valence-electron chi connectivity index (χ1n) is 8.70. The molecule has 136 valence electrons. The van der Waals surface area contributed by atoms with E-state index in [1.54, 1.807) is 11.0 Å². The van der Waals surface area contributed by atoms with Crippen molar-refractivity contribution in [2.24, 2.45) is 7.05 Å². The summed E-state index contributed by atoms with van der Waals surface area (Å²) in [6.45, 7) is 8.17. The summed E-state index contributed by atoms with van der Waals surface area (Å²) in [6.07, 6.45) is 5.57. The van der Waals surface area contributed by atoms with Gasteiger partial charge in [-0.05, 0) is 24.5 Å². The van der Waals surface area contributed by atoms with Crippen molar-refractivity contribution in [2.75, 3.05) is 0 Å². The van der Waals surface area contributed by atoms with Gasteiger partial charge in [0.1, 0.15) is 0 Å². The number of hydrogen-bond acceptors (Lipinski definition) is 3. The lowest BCUT2D eigenvalue weighted by Gasteiger charge is -2.18. The van der Waals surface area contributed by atoms with Crippen molar-refractivity contribution in [1.29, 1.82) is 0 Å². The van der Waals surface area contributed by atoms with Crippen LogP contribution in [0.15, 0.2) is 49.1 Å². The van der Waals surface area contributed by atoms with Gasteiger partial charge in [0, 0.05) is 25.0 Å². The van der Waals surface area contributed by atoms with Crippen LogP contribution in [0.5, 0.6) is 0 Å². The Balaban J connectivity index is 1.92. The van der Waals surface area contributed by atoms with Gasteiger partial charge >= 0.3 is 0 Å². The monoisotopic (exact) mass is 351 g/mol. The Bertz CT molecular complexity index is 902. The Morgan fingerprint density at radius 3 is 2.42 bits per heavy atom. The molecule has 3 aromatic rings. The Labute approximate surface area is 153 Å². The van der Waals surface area contributed by atoms with Gasteiger partial charge in [-0.25, -0.2) is 9.67 Å². The van der Waals surface area contributed by atoms with Gasteiger partial charge in [0.2, 0.25) is 0 Å². The van der Waals surface area contributed by atoms with Crippen LogP contribution in [0.2, 0.25) is 0 Å². The second-order valence-electron chi connectivity index (χ2n) is 7.58. The molecule has 2 heterocycles. The summed E-state index contributed by atoms with van der Waals surface area (Å²) in [6, 6.07) is 9.61. The van der Waals surface area contributed by atoms with Crippen molar-refractivity contribution < 1.29 is 4.79 Å². The zero-order valence-corrected chi connectivity index (χ0v) is 15.9. The molecule has 1 N–H and O–H groups in total. The molecule has 1 amide bonds. The van der Waals surface area contributed by atoms with Crippen LogP contribution < -0.4 is 5.32 Å². The standard InChI is InChI=1S/C20H25N5O/c1-14(17-12-24(5)13-21-17)22-19(26)18-16(20(2,3)4)11-25(23-18)15-9-7-6-8-10-15/h6-14H,1-5H3,(H,22,26). The third-order valence-electron chi connectivity index (χ3n) is 4.27. The highest BCUT2D eigenvalue weighted by Crippen LogP contribution is 2.27. The molecule has 1 aromatic carbocycles. The van der Waals surface area contributed by atoms with Crippen molar-refractivity contribution in [1.82, 2.24) is 24.6 Å². The molecule has 0 radical (unpaired) electrons. The SMILES string of the molecule is CC(NC(=O)c1nn(-c2ccccc2)cc1C(C)(C)C)c1cn(C)cn1. The third-order valence-corrected chi connectivity index (χ3v) is 4.27. The number of benzene rings is 1. The summed E-state index contributed by atoms with van der Waals surface area (Å²) in [5.41, 5.74) is 2.90. The van der Waals surface area contributed by atoms with E-state index in [1.165, 1.54) is 0 Å². The highest BCUT2D eigenvalue weighted by Gasteiger charge is 2.27. The normalized spacial score (nSPS) is 12.8. The number of imidazole rings is 1. The summed E-state index contributed by atoms with van der Waals surface area (Å²) in [4.78, 5) is 17.2. The van der Waals surface area contributed by atoms with Crippen LogP contribution in [0.4, 0.5) is 0 Å². The summed E-state index contributed by atoms with van der Waals surface area (Å²) in [7, 11) is 1.91. The molecule has 1 unspecified atom stereocenters. The zero-order chi connectivity index (χ0) is 18.9. The van der Waals surface area contributed by atoms with E-state index >= 15 is 0 Å². The van der Waals surface area contributed by atoms with Crippen LogP contribution in [0.1, 0.15) is 55.5 Å². The molecule has 1 atom stereocenters. The number of nitrogens with one attached hydrogen (secondary N) is 1. The maximum Gasteiger partial charge on any atom is 0.272 e. The van der Waals surface area contributed by atoms with Crippen LogP contribution in [0.3, 0.4) is 0 Å². The van der Waals surface area contributed by atoms with Gasteiger partial charge in [-0.1, -0.05) is 39.0 Å². The number of hydrogen-bond donors (Lipinski definition) is 1. The van der Waals surface area contributed by atoms with Crippen LogP contribution >= 0.6 is 0 Å². The zero-order valence-electron chi connectivity index (χ0n) is 15.9. The van der Waals surface area contributed by atoms with E-state index < -0.39 is 0 Å². The second kappa shape index (κ2) is 6.78. The van der Waals surface area contributed by atoms with Gasteiger partial charge in [-0.15, -0.1) is 0 Å². The van der Waals surface area contributed by atoms with Crippen LogP contribution in [0, 0.1) is 0 Å². The highest BCUT2D eigenvalue weighted by molar-refractivity contribution is 5.94. The minimum absolute atomic E-state index is 0.192. The molecular weight excluding hydrogens is 326 g/mol. The highest BCUT2D eigenvalue weighted by atomic mass is 16.2. The number of carbonyl (C=O) groups is 1. The van der Waals surface area contributed by atoms with Crippen molar-refractivity contribution in [3.8, 4) is 5.69 Å². The predicted octanol–water partition coefficient (Wildman–Crippen LogP) is 3.39. The molecule has 6 heteroatoms. The summed E-state index contributed by atoms with van der Waals surface area (Å²) in [5.74, 6) is -0.192. The topological polar surface area (TPSA) is 64.7 Å². The van der Waals surface area contributed by atoms with E-state index in [-0.39, 0.29) is 17.4 Å².